The predicted molar refractivity (Wildman–Crippen MR) is 77.6 cm³/mol. The van der Waals surface area contributed by atoms with Crippen LogP contribution in [-0.4, -0.2) is 14.5 Å². The quantitative estimate of drug-likeness (QED) is 0.569. The minimum Gasteiger partial charge on any atom is -0.361 e. The van der Waals surface area contributed by atoms with Gasteiger partial charge in [-0.3, -0.25) is 4.57 Å². The molecule has 2 aromatic heterocycles. The summed E-state index contributed by atoms with van der Waals surface area (Å²) in [5, 5.41) is 10.1. The van der Waals surface area contributed by atoms with Gasteiger partial charge in [-0.25, -0.2) is 4.98 Å². The number of imidazole rings is 1. The van der Waals surface area contributed by atoms with E-state index in [0.29, 0.717) is 5.56 Å². The zero-order valence-corrected chi connectivity index (χ0v) is 10.5. The van der Waals surface area contributed by atoms with Crippen molar-refractivity contribution in [1.29, 1.82) is 5.26 Å². The van der Waals surface area contributed by atoms with Crippen LogP contribution in [-0.2, 0) is 0 Å². The maximum atomic E-state index is 8.93. The van der Waals surface area contributed by atoms with Gasteiger partial charge in [-0.05, 0) is 42.5 Å². The molecule has 0 unspecified atom stereocenters. The molecule has 20 heavy (non-hydrogen) atoms. The number of nitrogens with one attached hydrogen (secondary N) is 1. The lowest BCUT2D eigenvalue weighted by atomic mass is 10.2. The van der Waals surface area contributed by atoms with E-state index in [9.17, 15) is 0 Å². The van der Waals surface area contributed by atoms with E-state index >= 15 is 0 Å². The van der Waals surface area contributed by atoms with Crippen molar-refractivity contribution in [3.8, 4) is 11.8 Å². The second-order valence-corrected chi connectivity index (χ2v) is 4.68. The molecule has 0 aliphatic carbocycles. The number of aromatic amines is 1. The number of rotatable bonds is 1. The molecule has 2 heterocycles. The molecule has 0 aliphatic rings. The number of fused-ring (bicyclic) bond motifs is 2. The van der Waals surface area contributed by atoms with Crippen molar-refractivity contribution < 1.29 is 0 Å². The highest BCUT2D eigenvalue weighted by atomic mass is 15.0. The summed E-state index contributed by atoms with van der Waals surface area (Å²) in [4.78, 5) is 7.56. The van der Waals surface area contributed by atoms with Crippen LogP contribution in [0.2, 0.25) is 0 Å². The van der Waals surface area contributed by atoms with Crippen LogP contribution in [0.1, 0.15) is 5.56 Å². The Morgan fingerprint density at radius 1 is 1.10 bits per heavy atom. The van der Waals surface area contributed by atoms with E-state index in [1.807, 2.05) is 29.0 Å². The molecule has 1 N–H and O–H groups in total. The van der Waals surface area contributed by atoms with E-state index in [4.69, 9.17) is 5.26 Å². The maximum absolute atomic E-state index is 8.93. The van der Waals surface area contributed by atoms with E-state index in [1.54, 1.807) is 12.4 Å². The van der Waals surface area contributed by atoms with Crippen molar-refractivity contribution in [3.05, 3.63) is 60.6 Å². The normalized spacial score (nSPS) is 10.9. The van der Waals surface area contributed by atoms with Crippen LogP contribution in [0, 0.1) is 11.3 Å². The molecule has 4 nitrogen and oxygen atoms in total. The monoisotopic (exact) mass is 258 g/mol. The number of nitriles is 1. The van der Waals surface area contributed by atoms with Crippen LogP contribution < -0.4 is 0 Å². The van der Waals surface area contributed by atoms with Crippen LogP contribution in [0.4, 0.5) is 0 Å². The van der Waals surface area contributed by atoms with Gasteiger partial charge < -0.3 is 4.98 Å². The SMILES string of the molecule is N#Cc1ccc2c(c1)ncn2-c1ccc2[nH]ccc2c1. The Morgan fingerprint density at radius 3 is 2.95 bits per heavy atom. The van der Waals surface area contributed by atoms with Crippen molar-refractivity contribution in [2.24, 2.45) is 0 Å². The molecule has 94 valence electrons. The summed E-state index contributed by atoms with van der Waals surface area (Å²) in [6.07, 6.45) is 3.72. The molecule has 0 bridgehead atoms. The number of nitrogens with zero attached hydrogens (tertiary/aromatic N) is 3. The van der Waals surface area contributed by atoms with Gasteiger partial charge in [-0.1, -0.05) is 0 Å². The van der Waals surface area contributed by atoms with Gasteiger partial charge in [0.25, 0.3) is 0 Å². The summed E-state index contributed by atoms with van der Waals surface area (Å²) in [7, 11) is 0. The second-order valence-electron chi connectivity index (χ2n) is 4.68. The number of hydrogen-bond acceptors (Lipinski definition) is 2. The summed E-state index contributed by atoms with van der Waals surface area (Å²) >= 11 is 0. The summed E-state index contributed by atoms with van der Waals surface area (Å²) in [5.41, 5.74) is 4.63. The van der Waals surface area contributed by atoms with Crippen LogP contribution in [0.5, 0.6) is 0 Å². The molecular formula is C16H10N4. The van der Waals surface area contributed by atoms with Gasteiger partial charge in [0.05, 0.1) is 22.7 Å². The predicted octanol–water partition coefficient (Wildman–Crippen LogP) is 3.38. The van der Waals surface area contributed by atoms with Gasteiger partial charge >= 0.3 is 0 Å². The third-order valence-electron chi connectivity index (χ3n) is 3.49. The van der Waals surface area contributed by atoms with E-state index in [1.165, 1.54) is 0 Å². The Morgan fingerprint density at radius 2 is 2.05 bits per heavy atom. The van der Waals surface area contributed by atoms with Gasteiger partial charge in [-0.15, -0.1) is 0 Å². The summed E-state index contributed by atoms with van der Waals surface area (Å²) in [6.45, 7) is 0. The average molecular weight is 258 g/mol. The van der Waals surface area contributed by atoms with Gasteiger partial charge in [0.2, 0.25) is 0 Å². The molecule has 4 rings (SSSR count). The lowest BCUT2D eigenvalue weighted by molar-refractivity contribution is 1.10. The number of hydrogen-bond donors (Lipinski definition) is 1. The molecule has 2 aromatic carbocycles. The van der Waals surface area contributed by atoms with Crippen LogP contribution in [0.25, 0.3) is 27.6 Å². The number of H-pyrrole nitrogens is 1. The molecule has 0 spiro atoms. The Hall–Kier alpha value is -3.06. The van der Waals surface area contributed by atoms with E-state index in [2.05, 4.69) is 34.2 Å². The van der Waals surface area contributed by atoms with Crippen LogP contribution in [0.15, 0.2) is 55.0 Å². The van der Waals surface area contributed by atoms with E-state index in [-0.39, 0.29) is 0 Å². The first-order chi connectivity index (χ1) is 9.85. The molecule has 0 amide bonds. The largest absolute Gasteiger partial charge is 0.361 e. The van der Waals surface area contributed by atoms with Crippen molar-refractivity contribution in [2.45, 2.75) is 0 Å². The standard InChI is InChI=1S/C16H10N4/c17-9-11-1-4-16-15(7-11)19-10-20(16)13-2-3-14-12(8-13)5-6-18-14/h1-8,10,18H. The van der Waals surface area contributed by atoms with Crippen LogP contribution in [0.3, 0.4) is 0 Å². The third-order valence-corrected chi connectivity index (χ3v) is 3.49. The van der Waals surface area contributed by atoms with Crippen molar-refractivity contribution in [1.82, 2.24) is 14.5 Å². The molecule has 0 aliphatic heterocycles. The minimum atomic E-state index is 0.629. The molecule has 0 fully saturated rings. The molecular weight excluding hydrogens is 248 g/mol. The first kappa shape index (κ1) is 10.8. The second kappa shape index (κ2) is 3.97. The van der Waals surface area contributed by atoms with Crippen molar-refractivity contribution >= 4 is 21.9 Å². The third kappa shape index (κ3) is 1.50. The topological polar surface area (TPSA) is 57.4 Å². The zero-order valence-electron chi connectivity index (χ0n) is 10.5. The highest BCUT2D eigenvalue weighted by Crippen LogP contribution is 2.22. The Labute approximate surface area is 114 Å². The molecule has 0 radical (unpaired) electrons. The molecule has 0 saturated heterocycles. The highest BCUT2D eigenvalue weighted by molar-refractivity contribution is 5.84. The Kier molecular flexibility index (Phi) is 2.15. The first-order valence-electron chi connectivity index (χ1n) is 6.30. The zero-order chi connectivity index (χ0) is 13.5. The molecule has 0 atom stereocenters. The van der Waals surface area contributed by atoms with Gasteiger partial charge in [0.1, 0.15) is 6.33 Å². The smallest absolute Gasteiger partial charge is 0.100 e. The maximum Gasteiger partial charge on any atom is 0.100 e. The first-order valence-corrected chi connectivity index (χ1v) is 6.30. The van der Waals surface area contributed by atoms with Gasteiger partial charge in [0, 0.05) is 22.8 Å². The lowest BCUT2D eigenvalue weighted by Crippen LogP contribution is -1.91. The van der Waals surface area contributed by atoms with Crippen LogP contribution >= 0.6 is 0 Å². The molecule has 4 heteroatoms. The van der Waals surface area contributed by atoms with E-state index in [0.717, 1.165) is 27.6 Å². The minimum absolute atomic E-state index is 0.629. The molecule has 4 aromatic rings. The van der Waals surface area contributed by atoms with Gasteiger partial charge in [-0.2, -0.15) is 5.26 Å². The Bertz CT molecular complexity index is 969. The van der Waals surface area contributed by atoms with Crippen molar-refractivity contribution in [2.75, 3.05) is 0 Å². The molecule has 0 saturated carbocycles. The number of benzene rings is 2. The van der Waals surface area contributed by atoms with E-state index < -0.39 is 0 Å². The lowest BCUT2D eigenvalue weighted by Gasteiger charge is -2.04. The van der Waals surface area contributed by atoms with Crippen molar-refractivity contribution in [3.63, 3.8) is 0 Å². The fraction of sp³-hybridized carbons (Fsp3) is 0. The van der Waals surface area contributed by atoms with Gasteiger partial charge in [0.15, 0.2) is 0 Å². The fourth-order valence-corrected chi connectivity index (χ4v) is 2.48. The highest BCUT2D eigenvalue weighted by Gasteiger charge is 2.06. The number of aromatic nitrogens is 3. The summed E-state index contributed by atoms with van der Waals surface area (Å²) in [6, 6.07) is 16.0. The Balaban J connectivity index is 1.95. The average Bonchev–Trinajstić information content (AvgIpc) is 3.11. The fourth-order valence-electron chi connectivity index (χ4n) is 2.48. The summed E-state index contributed by atoms with van der Waals surface area (Å²) in [5.74, 6) is 0. The summed E-state index contributed by atoms with van der Waals surface area (Å²) < 4.78 is 2.03.